The van der Waals surface area contributed by atoms with Gasteiger partial charge in [-0.15, -0.1) is 0 Å². The predicted octanol–water partition coefficient (Wildman–Crippen LogP) is 2.50. The first kappa shape index (κ1) is 27.7. The van der Waals surface area contributed by atoms with E-state index in [1.165, 1.54) is 0 Å². The van der Waals surface area contributed by atoms with Gasteiger partial charge in [0.05, 0.1) is 17.9 Å². The number of nitrogens with zero attached hydrogens (tertiary/aromatic N) is 3. The van der Waals surface area contributed by atoms with Gasteiger partial charge in [0.2, 0.25) is 13.1 Å². The van der Waals surface area contributed by atoms with Gasteiger partial charge in [-0.2, -0.15) is 0 Å². The van der Waals surface area contributed by atoms with Gasteiger partial charge in [-0.1, -0.05) is 51.2 Å². The molecule has 0 aliphatic carbocycles. The molecule has 0 bridgehead atoms. The number of benzene rings is 1. The van der Waals surface area contributed by atoms with Crippen LogP contribution in [0.5, 0.6) is 0 Å². The molecule has 1 amide bonds. The Labute approximate surface area is 208 Å². The number of carbonyl (C=O) groups excluding carboxylic acids is 1. The highest BCUT2D eigenvalue weighted by atomic mass is 127. The summed E-state index contributed by atoms with van der Waals surface area (Å²) in [5.74, 6) is -0.331. The number of carbonyl (C=O) groups is 1. The number of rotatable bonds is 16. The Hall–Kier alpha value is -1.29. The molecule has 1 aromatic rings. The molecule has 0 fully saturated rings. The maximum Gasteiger partial charge on any atom is 0.253 e. The van der Waals surface area contributed by atoms with Crippen molar-refractivity contribution in [1.29, 1.82) is 0 Å². The second-order valence-electron chi connectivity index (χ2n) is 6.82. The van der Waals surface area contributed by atoms with E-state index in [-0.39, 0.29) is 42.0 Å². The number of anilines is 1. The van der Waals surface area contributed by atoms with Crippen LogP contribution in [0.15, 0.2) is 12.1 Å². The fraction of sp³-hybridized carbons (Fsp3) is 0.632. The minimum absolute atomic E-state index is 0.110. The number of amides is 1. The summed E-state index contributed by atoms with van der Waals surface area (Å²) in [4.78, 5) is 35.8. The van der Waals surface area contributed by atoms with E-state index in [1.54, 1.807) is 6.07 Å². The largest absolute Gasteiger partial charge is 0.395 e. The van der Waals surface area contributed by atoms with Gasteiger partial charge >= 0.3 is 0 Å². The molecule has 31 heavy (non-hydrogen) atoms. The van der Waals surface area contributed by atoms with E-state index < -0.39 is 0 Å². The van der Waals surface area contributed by atoms with Crippen molar-refractivity contribution in [3.63, 3.8) is 0 Å². The maximum absolute atomic E-state index is 12.9. The second-order valence-corrected chi connectivity index (χ2v) is 8.97. The lowest BCUT2D eigenvalue weighted by Gasteiger charge is -2.29. The Balaban J connectivity index is 3.45. The molecule has 0 unspecified atom stereocenters. The fourth-order valence-electron chi connectivity index (χ4n) is 3.26. The molecule has 0 atom stereocenters. The van der Waals surface area contributed by atoms with Crippen molar-refractivity contribution in [3.05, 3.63) is 49.1 Å². The Morgan fingerprint density at radius 2 is 1.61 bits per heavy atom. The van der Waals surface area contributed by atoms with Crippen LogP contribution in [-0.2, 0) is 12.8 Å². The Morgan fingerprint density at radius 1 is 1.03 bits per heavy atom. The molecule has 0 saturated carbocycles. The molecule has 0 aromatic heterocycles. The van der Waals surface area contributed by atoms with Crippen LogP contribution < -0.4 is 10.2 Å². The van der Waals surface area contributed by atoms with Crippen LogP contribution in [0.3, 0.4) is 0 Å². The van der Waals surface area contributed by atoms with Crippen molar-refractivity contribution < 1.29 is 19.7 Å². The zero-order chi connectivity index (χ0) is 23.2. The molecule has 10 nitrogen and oxygen atoms in total. The number of aliphatic hydroxyl groups is 1. The van der Waals surface area contributed by atoms with Gasteiger partial charge in [0, 0.05) is 51.2 Å². The van der Waals surface area contributed by atoms with Crippen molar-refractivity contribution in [2.24, 2.45) is 0 Å². The average Bonchev–Trinajstić information content (AvgIpc) is 2.71. The molecule has 0 aliphatic rings. The molecule has 12 heteroatoms. The van der Waals surface area contributed by atoms with Crippen molar-refractivity contribution in [2.75, 3.05) is 53.1 Å². The quantitative estimate of drug-likeness (QED) is 0.120. The zero-order valence-corrected chi connectivity index (χ0v) is 21.5. The van der Waals surface area contributed by atoms with Crippen LogP contribution in [0.25, 0.3) is 0 Å². The molecule has 2 N–H and O–H groups in total. The van der Waals surface area contributed by atoms with Crippen LogP contribution in [-0.4, -0.2) is 69.0 Å². The highest BCUT2D eigenvalue weighted by Gasteiger charge is 2.22. The van der Waals surface area contributed by atoms with Crippen molar-refractivity contribution >= 4 is 56.8 Å². The molecule has 0 heterocycles. The number of aliphatic hydroxyl groups excluding tert-OH is 1. The van der Waals surface area contributed by atoms with E-state index in [0.717, 1.165) is 25.7 Å². The van der Waals surface area contributed by atoms with Crippen LogP contribution in [0.1, 0.15) is 34.3 Å². The number of halogens is 2. The van der Waals surface area contributed by atoms with E-state index in [4.69, 9.17) is 5.11 Å². The van der Waals surface area contributed by atoms with Crippen molar-refractivity contribution in [1.82, 2.24) is 5.32 Å². The van der Waals surface area contributed by atoms with Crippen LogP contribution in [0.2, 0.25) is 0 Å². The molecular weight excluding hydrogens is 634 g/mol. The Kier molecular flexibility index (Phi) is 13.9. The summed E-state index contributed by atoms with van der Waals surface area (Å²) in [7, 11) is 0. The predicted molar refractivity (Wildman–Crippen MR) is 136 cm³/mol. The van der Waals surface area contributed by atoms with Gasteiger partial charge in [0.1, 0.15) is 0 Å². The molecule has 0 aliphatic heterocycles. The van der Waals surface area contributed by atoms with E-state index in [1.807, 2.05) is 6.07 Å². The summed E-state index contributed by atoms with van der Waals surface area (Å²) in [6.07, 6.45) is 1.53. The third-order valence-electron chi connectivity index (χ3n) is 4.51. The van der Waals surface area contributed by atoms with Gasteiger partial charge in [0.15, 0.2) is 0 Å². The lowest BCUT2D eigenvalue weighted by molar-refractivity contribution is -0.480. The monoisotopic (exact) mass is 662 g/mol. The topological polar surface area (TPSA) is 139 Å². The molecule has 1 rings (SSSR count). The number of nitrogens with one attached hydrogen (secondary N) is 1. The third kappa shape index (κ3) is 10.2. The average molecular weight is 662 g/mol. The fourth-order valence-corrected chi connectivity index (χ4v) is 4.42. The lowest BCUT2D eigenvalue weighted by Crippen LogP contribution is -2.33. The highest BCUT2D eigenvalue weighted by molar-refractivity contribution is 14.1. The van der Waals surface area contributed by atoms with Crippen molar-refractivity contribution in [2.45, 2.75) is 25.7 Å². The zero-order valence-electron chi connectivity index (χ0n) is 17.2. The smallest absolute Gasteiger partial charge is 0.253 e. The lowest BCUT2D eigenvalue weighted by atomic mass is 9.95. The summed E-state index contributed by atoms with van der Waals surface area (Å²) in [5, 5.41) is 33.3. The Bertz CT molecular complexity index is 744. The number of hydrogen-bond donors (Lipinski definition) is 2. The van der Waals surface area contributed by atoms with Gasteiger partial charge in [-0.3, -0.25) is 25.0 Å². The molecule has 0 radical (unpaired) electrons. The van der Waals surface area contributed by atoms with Gasteiger partial charge < -0.3 is 15.3 Å². The standard InChI is InChI=1S/C19H28I2N4O6/c20-5-10-23(11-6-21)18-16(4-2-9-25(30)31)13-15(3-1-8-24(28)29)14-17(18)19(27)22-7-12-26/h13-14,26H,1-12H2,(H,22,27). The summed E-state index contributed by atoms with van der Waals surface area (Å²) in [6, 6.07) is 3.68. The van der Waals surface area contributed by atoms with Crippen LogP contribution in [0.4, 0.5) is 5.69 Å². The first-order chi connectivity index (χ1) is 14.8. The molecule has 0 saturated heterocycles. The normalized spacial score (nSPS) is 10.7. The van der Waals surface area contributed by atoms with E-state index in [9.17, 15) is 25.0 Å². The summed E-state index contributed by atoms with van der Waals surface area (Å²) < 4.78 is 1.68. The number of aryl methyl sites for hydroxylation is 2. The first-order valence-electron chi connectivity index (χ1n) is 9.99. The molecule has 174 valence electrons. The Morgan fingerprint density at radius 3 is 2.13 bits per heavy atom. The van der Waals surface area contributed by atoms with Gasteiger partial charge in [-0.05, 0) is 30.0 Å². The summed E-state index contributed by atoms with van der Waals surface area (Å²) in [6.45, 7) is 1.01. The van der Waals surface area contributed by atoms with Crippen molar-refractivity contribution in [3.8, 4) is 0 Å². The van der Waals surface area contributed by atoms with E-state index in [2.05, 4.69) is 55.4 Å². The second kappa shape index (κ2) is 15.5. The van der Waals surface area contributed by atoms with Gasteiger partial charge in [0.25, 0.3) is 5.91 Å². The summed E-state index contributed by atoms with van der Waals surface area (Å²) >= 11 is 4.54. The molecule has 1 aromatic carbocycles. The number of nitro groups is 2. The van der Waals surface area contributed by atoms with Gasteiger partial charge in [-0.25, -0.2) is 0 Å². The van der Waals surface area contributed by atoms with E-state index >= 15 is 0 Å². The SMILES string of the molecule is O=C(NCCO)c1cc(CCC[N+](=O)[O-])cc(CCC[N+](=O)[O-])c1N(CCI)CCI. The first-order valence-corrected chi connectivity index (χ1v) is 13.0. The highest BCUT2D eigenvalue weighted by Crippen LogP contribution is 2.30. The minimum Gasteiger partial charge on any atom is -0.395 e. The molecule has 0 spiro atoms. The minimum atomic E-state index is -0.371. The van der Waals surface area contributed by atoms with E-state index in [0.29, 0.717) is 44.3 Å². The number of alkyl halides is 2. The van der Waals surface area contributed by atoms with Crippen LogP contribution >= 0.6 is 45.2 Å². The summed E-state index contributed by atoms with van der Waals surface area (Å²) in [5.41, 5.74) is 2.83. The maximum atomic E-state index is 12.9. The number of hydrogen-bond acceptors (Lipinski definition) is 7. The molecular formula is C19H28I2N4O6. The van der Waals surface area contributed by atoms with Crippen LogP contribution in [0, 0.1) is 20.2 Å². The third-order valence-corrected chi connectivity index (χ3v) is 5.47.